The Kier molecular flexibility index (Phi) is 4.86. The van der Waals surface area contributed by atoms with Crippen molar-refractivity contribution in [3.05, 3.63) is 59.4 Å². The van der Waals surface area contributed by atoms with Crippen LogP contribution in [0.5, 0.6) is 5.75 Å². The summed E-state index contributed by atoms with van der Waals surface area (Å²) in [6.07, 6.45) is 0.0827. The highest BCUT2D eigenvalue weighted by molar-refractivity contribution is 5.76. The number of hydrogen-bond donors (Lipinski definition) is 1. The molecule has 0 radical (unpaired) electrons. The van der Waals surface area contributed by atoms with Crippen LogP contribution in [-0.4, -0.2) is 21.3 Å². The van der Waals surface area contributed by atoms with E-state index < -0.39 is 6.10 Å². The molecule has 2 aromatic carbocycles. The molecule has 1 aromatic heterocycles. The Morgan fingerprint density at radius 2 is 1.96 bits per heavy atom. The molecular formula is C20H24N2O2. The van der Waals surface area contributed by atoms with Crippen molar-refractivity contribution in [1.29, 1.82) is 0 Å². The Labute approximate surface area is 142 Å². The lowest BCUT2D eigenvalue weighted by molar-refractivity contribution is 0.157. The highest BCUT2D eigenvalue weighted by Crippen LogP contribution is 2.23. The first kappa shape index (κ1) is 16.5. The molecule has 0 amide bonds. The summed E-state index contributed by atoms with van der Waals surface area (Å²) < 4.78 is 8.04. The number of aryl methyl sites for hydroxylation is 2. The third-order valence-electron chi connectivity index (χ3n) is 4.28. The van der Waals surface area contributed by atoms with Crippen molar-refractivity contribution < 1.29 is 9.84 Å². The highest BCUT2D eigenvalue weighted by atomic mass is 16.5. The van der Waals surface area contributed by atoms with Crippen LogP contribution in [0.3, 0.4) is 0 Å². The molecule has 1 N–H and O–H groups in total. The predicted molar refractivity (Wildman–Crippen MR) is 96.4 cm³/mol. The quantitative estimate of drug-likeness (QED) is 0.740. The Morgan fingerprint density at radius 1 is 1.17 bits per heavy atom. The van der Waals surface area contributed by atoms with E-state index in [1.807, 2.05) is 38.1 Å². The second-order valence-electron chi connectivity index (χ2n) is 6.15. The largest absolute Gasteiger partial charge is 0.491 e. The maximum Gasteiger partial charge on any atom is 0.138 e. The van der Waals surface area contributed by atoms with Crippen LogP contribution >= 0.6 is 0 Å². The van der Waals surface area contributed by atoms with Crippen LogP contribution in [0, 0.1) is 13.8 Å². The smallest absolute Gasteiger partial charge is 0.138 e. The van der Waals surface area contributed by atoms with Crippen LogP contribution in [-0.2, 0) is 6.54 Å². The lowest BCUT2D eigenvalue weighted by Crippen LogP contribution is -2.14. The van der Waals surface area contributed by atoms with Crippen LogP contribution in [0.4, 0.5) is 0 Å². The van der Waals surface area contributed by atoms with Gasteiger partial charge < -0.3 is 14.4 Å². The fraction of sp³-hybridized carbons (Fsp3) is 0.350. The first-order chi connectivity index (χ1) is 11.6. The van der Waals surface area contributed by atoms with Crippen molar-refractivity contribution in [3.63, 3.8) is 0 Å². The van der Waals surface area contributed by atoms with Crippen molar-refractivity contribution >= 4 is 11.0 Å². The van der Waals surface area contributed by atoms with Crippen molar-refractivity contribution in [2.75, 3.05) is 6.61 Å². The number of imidazole rings is 1. The molecule has 0 saturated carbocycles. The topological polar surface area (TPSA) is 47.3 Å². The molecule has 0 unspecified atom stereocenters. The molecule has 4 heteroatoms. The molecule has 3 rings (SSSR count). The van der Waals surface area contributed by atoms with Crippen molar-refractivity contribution in [1.82, 2.24) is 9.55 Å². The summed E-state index contributed by atoms with van der Waals surface area (Å²) in [5, 5.41) is 10.3. The van der Waals surface area contributed by atoms with Gasteiger partial charge in [0.25, 0.3) is 0 Å². The number of rotatable bonds is 6. The van der Waals surface area contributed by atoms with Crippen molar-refractivity contribution in [2.24, 2.45) is 0 Å². The SMILES string of the molecule is CC[C@@H](O)c1nc2ccccc2n1CCOc1cc(C)ccc1C. The monoisotopic (exact) mass is 324 g/mol. The molecule has 126 valence electrons. The molecule has 1 atom stereocenters. The number of aliphatic hydroxyl groups excluding tert-OH is 1. The van der Waals surface area contributed by atoms with Crippen LogP contribution in [0.2, 0.25) is 0 Å². The second kappa shape index (κ2) is 7.05. The maximum atomic E-state index is 10.3. The van der Waals surface area contributed by atoms with Gasteiger partial charge in [-0.25, -0.2) is 4.98 Å². The number of aromatic nitrogens is 2. The van der Waals surface area contributed by atoms with Gasteiger partial charge >= 0.3 is 0 Å². The van der Waals surface area contributed by atoms with Crippen LogP contribution in [0.15, 0.2) is 42.5 Å². The zero-order valence-electron chi connectivity index (χ0n) is 14.5. The Bertz CT molecular complexity index is 839. The third-order valence-corrected chi connectivity index (χ3v) is 4.28. The summed E-state index contributed by atoms with van der Waals surface area (Å²) in [7, 11) is 0. The van der Waals surface area contributed by atoms with Crippen molar-refractivity contribution in [3.8, 4) is 5.75 Å². The summed E-state index contributed by atoms with van der Waals surface area (Å²) >= 11 is 0. The van der Waals surface area contributed by atoms with Gasteiger partial charge in [-0.3, -0.25) is 0 Å². The van der Waals surface area contributed by atoms with Crippen LogP contribution in [0.1, 0.15) is 36.4 Å². The predicted octanol–water partition coefficient (Wildman–Crippen LogP) is 4.18. The summed E-state index contributed by atoms with van der Waals surface area (Å²) in [6, 6.07) is 14.2. The number of fused-ring (bicyclic) bond motifs is 1. The Morgan fingerprint density at radius 3 is 2.75 bits per heavy atom. The number of ether oxygens (including phenoxy) is 1. The molecule has 1 heterocycles. The average Bonchev–Trinajstić information content (AvgIpc) is 2.96. The van der Waals surface area contributed by atoms with Gasteiger partial charge in [-0.2, -0.15) is 0 Å². The zero-order chi connectivity index (χ0) is 17.1. The molecule has 24 heavy (non-hydrogen) atoms. The van der Waals surface area contributed by atoms with E-state index >= 15 is 0 Å². The second-order valence-corrected chi connectivity index (χ2v) is 6.15. The molecule has 0 saturated heterocycles. The molecular weight excluding hydrogens is 300 g/mol. The molecule has 3 aromatic rings. The minimum absolute atomic E-state index is 0.536. The van der Waals surface area contributed by atoms with E-state index in [0.717, 1.165) is 22.3 Å². The molecule has 0 aliphatic carbocycles. The third kappa shape index (κ3) is 3.29. The normalized spacial score (nSPS) is 12.5. The van der Waals surface area contributed by atoms with E-state index in [-0.39, 0.29) is 0 Å². The molecule has 0 bridgehead atoms. The highest BCUT2D eigenvalue weighted by Gasteiger charge is 2.16. The van der Waals surface area contributed by atoms with Gasteiger partial charge in [0.2, 0.25) is 0 Å². The van der Waals surface area contributed by atoms with Gasteiger partial charge in [0.1, 0.15) is 24.3 Å². The van der Waals surface area contributed by atoms with Gasteiger partial charge in [-0.05, 0) is 49.6 Å². The van der Waals surface area contributed by atoms with E-state index in [1.54, 1.807) is 0 Å². The molecule has 4 nitrogen and oxygen atoms in total. The summed E-state index contributed by atoms with van der Waals surface area (Å²) in [6.45, 7) is 7.26. The van der Waals surface area contributed by atoms with E-state index in [1.165, 1.54) is 5.56 Å². The number of para-hydroxylation sites is 2. The van der Waals surface area contributed by atoms with E-state index in [0.29, 0.717) is 25.4 Å². The lowest BCUT2D eigenvalue weighted by atomic mass is 10.1. The maximum absolute atomic E-state index is 10.3. The molecule has 0 spiro atoms. The minimum atomic E-state index is -0.557. The lowest BCUT2D eigenvalue weighted by Gasteiger charge is -2.14. The molecule has 0 aliphatic heterocycles. The summed E-state index contributed by atoms with van der Waals surface area (Å²) in [5.74, 6) is 1.63. The van der Waals surface area contributed by atoms with Gasteiger partial charge in [0.05, 0.1) is 17.6 Å². The Hall–Kier alpha value is -2.33. The zero-order valence-corrected chi connectivity index (χ0v) is 14.5. The summed E-state index contributed by atoms with van der Waals surface area (Å²) in [5.41, 5.74) is 4.26. The molecule has 0 fully saturated rings. The molecule has 0 aliphatic rings. The standard InChI is InChI=1S/C20H24N2O2/c1-4-18(23)20-21-16-7-5-6-8-17(16)22(20)11-12-24-19-13-14(2)9-10-15(19)3/h5-10,13,18,23H,4,11-12H2,1-3H3/t18-/m1/s1. The van der Waals surface area contributed by atoms with Crippen LogP contribution in [0.25, 0.3) is 11.0 Å². The summed E-state index contributed by atoms with van der Waals surface area (Å²) in [4.78, 5) is 4.60. The average molecular weight is 324 g/mol. The fourth-order valence-corrected chi connectivity index (χ4v) is 2.88. The van der Waals surface area contributed by atoms with Gasteiger partial charge in [0, 0.05) is 0 Å². The fourth-order valence-electron chi connectivity index (χ4n) is 2.88. The number of nitrogens with zero attached hydrogens (tertiary/aromatic N) is 2. The van der Waals surface area contributed by atoms with E-state index in [9.17, 15) is 5.11 Å². The van der Waals surface area contributed by atoms with Crippen molar-refractivity contribution in [2.45, 2.75) is 39.8 Å². The Balaban J connectivity index is 1.82. The van der Waals surface area contributed by atoms with Gasteiger partial charge in [-0.15, -0.1) is 0 Å². The number of hydrogen-bond acceptors (Lipinski definition) is 3. The number of benzene rings is 2. The first-order valence-corrected chi connectivity index (χ1v) is 8.43. The van der Waals surface area contributed by atoms with Gasteiger partial charge in [0.15, 0.2) is 0 Å². The number of aliphatic hydroxyl groups is 1. The van der Waals surface area contributed by atoms with E-state index in [2.05, 4.69) is 34.7 Å². The first-order valence-electron chi connectivity index (χ1n) is 8.43. The van der Waals surface area contributed by atoms with Gasteiger partial charge in [-0.1, -0.05) is 31.2 Å². The minimum Gasteiger partial charge on any atom is -0.491 e. The van der Waals surface area contributed by atoms with Crippen LogP contribution < -0.4 is 4.74 Å². The van der Waals surface area contributed by atoms with E-state index in [4.69, 9.17) is 4.74 Å².